The van der Waals surface area contributed by atoms with Crippen LogP contribution >= 0.6 is 0 Å². The summed E-state index contributed by atoms with van der Waals surface area (Å²) < 4.78 is 10.5. The minimum atomic E-state index is -1.11. The fourth-order valence-electron chi connectivity index (χ4n) is 2.28. The van der Waals surface area contributed by atoms with Crippen LogP contribution in [-0.2, 0) is 25.5 Å². The van der Waals surface area contributed by atoms with Gasteiger partial charge in [0.1, 0.15) is 0 Å². The minimum absolute atomic E-state index is 0.220. The summed E-state index contributed by atoms with van der Waals surface area (Å²) in [5.74, 6) is -1.10. The van der Waals surface area contributed by atoms with Crippen molar-refractivity contribution in [2.75, 3.05) is 13.2 Å². The van der Waals surface area contributed by atoms with Crippen LogP contribution in [0.4, 0.5) is 0 Å². The molecular formula is C17H23NO5. The van der Waals surface area contributed by atoms with Gasteiger partial charge in [-0.1, -0.05) is 44.2 Å². The van der Waals surface area contributed by atoms with E-state index in [2.05, 4.69) is 19.2 Å². The summed E-state index contributed by atoms with van der Waals surface area (Å²) in [4.78, 5) is 22.8. The molecule has 0 unspecified atom stereocenters. The number of carbonyl (C=O) groups is 2. The number of epoxide rings is 1. The topological polar surface area (TPSA) is 88.2 Å². The van der Waals surface area contributed by atoms with Crippen LogP contribution in [0.5, 0.6) is 0 Å². The van der Waals surface area contributed by atoms with Crippen LogP contribution in [0, 0.1) is 5.92 Å². The third-order valence-corrected chi connectivity index (χ3v) is 3.43. The first-order chi connectivity index (χ1) is 11.0. The van der Waals surface area contributed by atoms with E-state index < -0.39 is 24.1 Å². The monoisotopic (exact) mass is 321 g/mol. The van der Waals surface area contributed by atoms with Gasteiger partial charge in [-0.2, -0.15) is 0 Å². The lowest BCUT2D eigenvalue weighted by Crippen LogP contribution is -2.43. The number of ether oxygens (including phenoxy) is 2. The van der Waals surface area contributed by atoms with Gasteiger partial charge in [0.15, 0.2) is 12.2 Å². The van der Waals surface area contributed by atoms with Crippen molar-refractivity contribution in [1.82, 2.24) is 5.32 Å². The standard InChI is InChI=1S/C17H23NO5/c1-11(2)9-22-10-13(8-12-6-4-3-5-7-12)18-16(19)14-15(23-14)17(20)21/h3-7,11,13-15H,8-10H2,1-2H3,(H,18,19)(H,20,21)/t13-,14-,15-/m0/s1. The van der Waals surface area contributed by atoms with Gasteiger partial charge in [0.25, 0.3) is 5.91 Å². The summed E-state index contributed by atoms with van der Waals surface area (Å²) in [6.45, 7) is 5.10. The van der Waals surface area contributed by atoms with Crippen LogP contribution in [-0.4, -0.2) is 48.4 Å². The molecular weight excluding hydrogens is 298 g/mol. The number of hydrogen-bond acceptors (Lipinski definition) is 4. The zero-order valence-corrected chi connectivity index (χ0v) is 13.4. The fraction of sp³-hybridized carbons (Fsp3) is 0.529. The summed E-state index contributed by atoms with van der Waals surface area (Å²) in [6.07, 6.45) is -1.30. The second-order valence-corrected chi connectivity index (χ2v) is 6.14. The van der Waals surface area contributed by atoms with E-state index in [-0.39, 0.29) is 6.04 Å². The van der Waals surface area contributed by atoms with Gasteiger partial charge in [0.2, 0.25) is 0 Å². The molecule has 0 aromatic heterocycles. The van der Waals surface area contributed by atoms with E-state index in [1.807, 2.05) is 30.3 Å². The number of aliphatic carboxylic acids is 1. The van der Waals surface area contributed by atoms with Gasteiger partial charge >= 0.3 is 5.97 Å². The summed E-state index contributed by atoms with van der Waals surface area (Å²) in [5.41, 5.74) is 1.08. The molecule has 0 bridgehead atoms. The normalized spacial score (nSPS) is 21.0. The number of carbonyl (C=O) groups excluding carboxylic acids is 1. The summed E-state index contributed by atoms with van der Waals surface area (Å²) >= 11 is 0. The first kappa shape index (κ1) is 17.4. The van der Waals surface area contributed by atoms with Crippen molar-refractivity contribution in [3.63, 3.8) is 0 Å². The van der Waals surface area contributed by atoms with Crippen LogP contribution in [0.15, 0.2) is 30.3 Å². The molecule has 1 saturated heterocycles. The van der Waals surface area contributed by atoms with Crippen molar-refractivity contribution >= 4 is 11.9 Å². The first-order valence-corrected chi connectivity index (χ1v) is 7.77. The Morgan fingerprint density at radius 1 is 1.22 bits per heavy atom. The van der Waals surface area contributed by atoms with E-state index in [0.717, 1.165) is 5.56 Å². The van der Waals surface area contributed by atoms with E-state index in [9.17, 15) is 9.59 Å². The first-order valence-electron chi connectivity index (χ1n) is 7.77. The number of amides is 1. The quantitative estimate of drug-likeness (QED) is 0.668. The predicted molar refractivity (Wildman–Crippen MR) is 84.0 cm³/mol. The number of carboxylic acids is 1. The Morgan fingerprint density at radius 2 is 1.91 bits per heavy atom. The van der Waals surface area contributed by atoms with E-state index in [1.165, 1.54) is 0 Å². The van der Waals surface area contributed by atoms with Crippen molar-refractivity contribution in [3.05, 3.63) is 35.9 Å². The van der Waals surface area contributed by atoms with Gasteiger partial charge in [-0.25, -0.2) is 4.79 Å². The Bertz CT molecular complexity index is 531. The molecule has 2 N–H and O–H groups in total. The number of nitrogens with one attached hydrogen (secondary N) is 1. The van der Waals surface area contributed by atoms with Crippen LogP contribution < -0.4 is 5.32 Å². The zero-order chi connectivity index (χ0) is 16.8. The third-order valence-electron chi connectivity index (χ3n) is 3.43. The van der Waals surface area contributed by atoms with E-state index in [0.29, 0.717) is 25.6 Å². The van der Waals surface area contributed by atoms with Crippen LogP contribution in [0.3, 0.4) is 0 Å². The molecule has 0 saturated carbocycles. The SMILES string of the molecule is CC(C)COC[C@H](Cc1ccccc1)NC(=O)[C@H]1O[C@@H]1C(=O)O. The molecule has 0 radical (unpaired) electrons. The largest absolute Gasteiger partial charge is 0.479 e. The van der Waals surface area contributed by atoms with E-state index >= 15 is 0 Å². The smallest absolute Gasteiger partial charge is 0.336 e. The molecule has 0 spiro atoms. The zero-order valence-electron chi connectivity index (χ0n) is 13.4. The number of hydrogen-bond donors (Lipinski definition) is 2. The molecule has 6 heteroatoms. The average Bonchev–Trinajstić information content (AvgIpc) is 3.28. The molecule has 1 aromatic rings. The van der Waals surface area contributed by atoms with Gasteiger partial charge in [0, 0.05) is 6.61 Å². The van der Waals surface area contributed by atoms with Crippen molar-refractivity contribution in [2.24, 2.45) is 5.92 Å². The minimum Gasteiger partial charge on any atom is -0.479 e. The van der Waals surface area contributed by atoms with Gasteiger partial charge in [-0.15, -0.1) is 0 Å². The molecule has 2 rings (SSSR count). The highest BCUT2D eigenvalue weighted by Crippen LogP contribution is 2.22. The Morgan fingerprint density at radius 3 is 2.48 bits per heavy atom. The predicted octanol–water partition coefficient (Wildman–Crippen LogP) is 1.24. The van der Waals surface area contributed by atoms with Crippen LogP contribution in [0.2, 0.25) is 0 Å². The number of benzene rings is 1. The highest BCUT2D eigenvalue weighted by molar-refractivity contribution is 5.92. The average molecular weight is 321 g/mol. The van der Waals surface area contributed by atoms with E-state index in [1.54, 1.807) is 0 Å². The molecule has 3 atom stereocenters. The molecule has 1 fully saturated rings. The van der Waals surface area contributed by atoms with E-state index in [4.69, 9.17) is 14.6 Å². The van der Waals surface area contributed by atoms with Crippen molar-refractivity contribution in [3.8, 4) is 0 Å². The molecule has 1 aliphatic rings. The van der Waals surface area contributed by atoms with Crippen molar-refractivity contribution < 1.29 is 24.2 Å². The lowest BCUT2D eigenvalue weighted by Gasteiger charge is -2.19. The summed E-state index contributed by atoms with van der Waals surface area (Å²) in [6, 6.07) is 9.55. The molecule has 1 heterocycles. The van der Waals surface area contributed by atoms with Crippen molar-refractivity contribution in [1.29, 1.82) is 0 Å². The molecule has 1 aliphatic heterocycles. The second kappa shape index (κ2) is 8.08. The lowest BCUT2D eigenvalue weighted by molar-refractivity contribution is -0.138. The Labute approximate surface area is 135 Å². The summed E-state index contributed by atoms with van der Waals surface area (Å²) in [5, 5.41) is 11.6. The number of carboxylic acid groups (broad SMARTS) is 1. The Balaban J connectivity index is 1.90. The maximum absolute atomic E-state index is 12.1. The molecule has 1 amide bonds. The maximum Gasteiger partial charge on any atom is 0.336 e. The van der Waals surface area contributed by atoms with Crippen LogP contribution in [0.25, 0.3) is 0 Å². The third kappa shape index (κ3) is 5.65. The van der Waals surface area contributed by atoms with Gasteiger partial charge < -0.3 is 19.9 Å². The molecule has 126 valence electrons. The number of rotatable bonds is 9. The molecule has 1 aromatic carbocycles. The molecule has 6 nitrogen and oxygen atoms in total. The van der Waals surface area contributed by atoms with Gasteiger partial charge in [0.05, 0.1) is 12.6 Å². The second-order valence-electron chi connectivity index (χ2n) is 6.14. The molecule has 0 aliphatic carbocycles. The Hall–Kier alpha value is -1.92. The van der Waals surface area contributed by atoms with Gasteiger partial charge in [-0.05, 0) is 17.9 Å². The summed E-state index contributed by atoms with van der Waals surface area (Å²) in [7, 11) is 0. The van der Waals surface area contributed by atoms with Gasteiger partial charge in [-0.3, -0.25) is 4.79 Å². The maximum atomic E-state index is 12.1. The Kier molecular flexibility index (Phi) is 6.12. The highest BCUT2D eigenvalue weighted by atomic mass is 16.6. The van der Waals surface area contributed by atoms with Crippen LogP contribution in [0.1, 0.15) is 19.4 Å². The lowest BCUT2D eigenvalue weighted by atomic mass is 10.1. The fourth-order valence-corrected chi connectivity index (χ4v) is 2.28. The highest BCUT2D eigenvalue weighted by Gasteiger charge is 2.51. The molecule has 23 heavy (non-hydrogen) atoms. The van der Waals surface area contributed by atoms with Crippen molar-refractivity contribution in [2.45, 2.75) is 38.5 Å².